The van der Waals surface area contributed by atoms with Crippen molar-refractivity contribution in [2.45, 2.75) is 15.2 Å². The van der Waals surface area contributed by atoms with Crippen molar-refractivity contribution in [1.82, 2.24) is 0 Å². The predicted molar refractivity (Wildman–Crippen MR) is 111 cm³/mol. The molecular formula is C25H16O2S. The third-order valence-corrected chi connectivity index (χ3v) is 7.03. The summed E-state index contributed by atoms with van der Waals surface area (Å²) in [6.45, 7) is 0. The minimum Gasteiger partial charge on any atom is -0.508 e. The molecule has 0 saturated heterocycles. The van der Waals surface area contributed by atoms with Crippen LogP contribution in [0.4, 0.5) is 0 Å². The van der Waals surface area contributed by atoms with Crippen LogP contribution in [0, 0.1) is 0 Å². The van der Waals surface area contributed by atoms with Gasteiger partial charge >= 0.3 is 0 Å². The fourth-order valence-electron chi connectivity index (χ4n) is 4.89. The van der Waals surface area contributed by atoms with Crippen molar-refractivity contribution in [2.24, 2.45) is 0 Å². The quantitative estimate of drug-likeness (QED) is 0.343. The Balaban J connectivity index is 1.84. The summed E-state index contributed by atoms with van der Waals surface area (Å²) in [6.07, 6.45) is 0. The van der Waals surface area contributed by atoms with Crippen molar-refractivity contribution in [3.63, 3.8) is 0 Å². The van der Waals surface area contributed by atoms with Gasteiger partial charge in [-0.05, 0) is 57.6 Å². The molecule has 0 radical (unpaired) electrons. The topological polar surface area (TPSA) is 40.5 Å². The van der Waals surface area contributed by atoms with Crippen LogP contribution < -0.4 is 0 Å². The molecule has 1 aliphatic carbocycles. The van der Waals surface area contributed by atoms with Crippen molar-refractivity contribution >= 4 is 11.8 Å². The molecule has 0 aromatic heterocycles. The minimum atomic E-state index is -0.454. The Hall–Kier alpha value is -3.17. The second kappa shape index (κ2) is 5.43. The molecule has 2 N–H and O–H groups in total. The minimum absolute atomic E-state index is 0.254. The van der Waals surface area contributed by atoms with E-state index in [1.807, 2.05) is 24.3 Å². The molecule has 0 bridgehead atoms. The van der Waals surface area contributed by atoms with Crippen molar-refractivity contribution in [3.05, 3.63) is 107 Å². The van der Waals surface area contributed by atoms with Crippen LogP contribution in [0.1, 0.15) is 22.3 Å². The second-order valence-electron chi connectivity index (χ2n) is 7.30. The van der Waals surface area contributed by atoms with Gasteiger partial charge in [-0.1, -0.05) is 72.4 Å². The summed E-state index contributed by atoms with van der Waals surface area (Å²) >= 11 is 1.60. The fraction of sp³-hybridized carbons (Fsp3) is 0.0400. The van der Waals surface area contributed by atoms with E-state index in [0.29, 0.717) is 0 Å². The van der Waals surface area contributed by atoms with Gasteiger partial charge in [-0.3, -0.25) is 0 Å². The molecule has 6 rings (SSSR count). The summed E-state index contributed by atoms with van der Waals surface area (Å²) < 4.78 is 0. The van der Waals surface area contributed by atoms with E-state index < -0.39 is 5.41 Å². The summed E-state index contributed by atoms with van der Waals surface area (Å²) in [5, 5.41) is 20.3. The standard InChI is InChI=1S/C25H16O2S/c26-15-9-11-21-23(13-15)28-24-14-16(27)10-12-22(24)25(21)19-7-3-1-5-17(19)18-6-2-4-8-20(18)25/h1-14,26-27H. The van der Waals surface area contributed by atoms with E-state index >= 15 is 0 Å². The molecule has 0 saturated carbocycles. The zero-order chi connectivity index (χ0) is 18.9. The van der Waals surface area contributed by atoms with Crippen LogP contribution in [0.2, 0.25) is 0 Å². The van der Waals surface area contributed by atoms with Crippen LogP contribution >= 0.6 is 11.8 Å². The maximum atomic E-state index is 10.1. The normalized spacial score (nSPS) is 14.9. The number of phenols is 2. The second-order valence-corrected chi connectivity index (χ2v) is 8.39. The van der Waals surface area contributed by atoms with Crippen molar-refractivity contribution in [1.29, 1.82) is 0 Å². The highest BCUT2D eigenvalue weighted by atomic mass is 32.2. The van der Waals surface area contributed by atoms with Gasteiger partial charge in [0.1, 0.15) is 11.5 Å². The number of hydrogen-bond donors (Lipinski definition) is 2. The zero-order valence-electron chi connectivity index (χ0n) is 14.9. The molecule has 0 atom stereocenters. The molecule has 3 heteroatoms. The van der Waals surface area contributed by atoms with Crippen LogP contribution in [-0.4, -0.2) is 10.2 Å². The number of hydrogen-bond acceptors (Lipinski definition) is 3. The Kier molecular flexibility index (Phi) is 3.07. The fourth-order valence-corrected chi connectivity index (χ4v) is 6.15. The van der Waals surface area contributed by atoms with Crippen molar-refractivity contribution in [3.8, 4) is 22.6 Å². The summed E-state index contributed by atoms with van der Waals surface area (Å²) in [5.41, 5.74) is 6.86. The van der Waals surface area contributed by atoms with Gasteiger partial charge in [0.15, 0.2) is 0 Å². The molecule has 0 amide bonds. The van der Waals surface area contributed by atoms with Gasteiger partial charge in [-0.2, -0.15) is 0 Å². The first-order chi connectivity index (χ1) is 13.7. The Morgan fingerprint density at radius 1 is 0.536 bits per heavy atom. The Bertz CT molecular complexity index is 1180. The number of phenolic OH excluding ortho intramolecular Hbond substituents is 2. The van der Waals surface area contributed by atoms with Crippen LogP contribution in [-0.2, 0) is 5.41 Å². The van der Waals surface area contributed by atoms with E-state index in [4.69, 9.17) is 0 Å². The molecule has 2 aliphatic rings. The molecule has 28 heavy (non-hydrogen) atoms. The molecule has 1 aliphatic heterocycles. The first-order valence-corrected chi connectivity index (χ1v) is 10.1. The highest BCUT2D eigenvalue weighted by molar-refractivity contribution is 7.99. The molecule has 1 heterocycles. The molecule has 0 unspecified atom stereocenters. The van der Waals surface area contributed by atoms with Crippen molar-refractivity contribution in [2.75, 3.05) is 0 Å². The monoisotopic (exact) mass is 380 g/mol. The molecule has 2 nitrogen and oxygen atoms in total. The van der Waals surface area contributed by atoms with Gasteiger partial charge in [0.2, 0.25) is 0 Å². The molecular weight excluding hydrogens is 364 g/mol. The summed E-state index contributed by atoms with van der Waals surface area (Å²) in [6, 6.07) is 28.4. The van der Waals surface area contributed by atoms with Crippen LogP contribution in [0.3, 0.4) is 0 Å². The van der Waals surface area contributed by atoms with Gasteiger partial charge < -0.3 is 10.2 Å². The lowest BCUT2D eigenvalue weighted by atomic mass is 9.67. The van der Waals surface area contributed by atoms with Crippen molar-refractivity contribution < 1.29 is 10.2 Å². The summed E-state index contributed by atoms with van der Waals surface area (Å²) in [4.78, 5) is 2.04. The van der Waals surface area contributed by atoms with Gasteiger partial charge in [0, 0.05) is 9.79 Å². The van der Waals surface area contributed by atoms with Gasteiger partial charge in [0.25, 0.3) is 0 Å². The van der Waals surface area contributed by atoms with E-state index in [1.54, 1.807) is 23.9 Å². The zero-order valence-corrected chi connectivity index (χ0v) is 15.7. The van der Waals surface area contributed by atoms with Crippen LogP contribution in [0.25, 0.3) is 11.1 Å². The molecule has 4 aromatic carbocycles. The smallest absolute Gasteiger partial charge is 0.116 e. The third kappa shape index (κ3) is 1.84. The van der Waals surface area contributed by atoms with Gasteiger partial charge in [-0.15, -0.1) is 0 Å². The number of benzene rings is 4. The number of aromatic hydroxyl groups is 2. The molecule has 0 fully saturated rings. The van der Waals surface area contributed by atoms with Crippen LogP contribution in [0.5, 0.6) is 11.5 Å². The van der Waals surface area contributed by atoms with E-state index in [2.05, 4.69) is 48.5 Å². The first kappa shape index (κ1) is 15.8. The predicted octanol–water partition coefficient (Wildman–Crippen LogP) is 5.93. The lowest BCUT2D eigenvalue weighted by molar-refractivity contribution is 0.471. The number of rotatable bonds is 0. The molecule has 134 valence electrons. The SMILES string of the molecule is Oc1ccc2c(c1)Sc1cc(O)ccc1C21c2ccccc2-c2ccccc21. The van der Waals surface area contributed by atoms with Gasteiger partial charge in [-0.25, -0.2) is 0 Å². The van der Waals surface area contributed by atoms with E-state index in [1.165, 1.54) is 33.4 Å². The average Bonchev–Trinajstić information content (AvgIpc) is 2.99. The van der Waals surface area contributed by atoms with E-state index in [-0.39, 0.29) is 11.5 Å². The largest absolute Gasteiger partial charge is 0.508 e. The van der Waals surface area contributed by atoms with Crippen LogP contribution in [0.15, 0.2) is 94.7 Å². The molecule has 4 aromatic rings. The first-order valence-electron chi connectivity index (χ1n) is 9.24. The highest BCUT2D eigenvalue weighted by Gasteiger charge is 2.50. The van der Waals surface area contributed by atoms with E-state index in [9.17, 15) is 10.2 Å². The molecule has 1 spiro atoms. The summed E-state index contributed by atoms with van der Waals surface area (Å²) in [5.74, 6) is 0.508. The Morgan fingerprint density at radius 2 is 1.00 bits per heavy atom. The Labute approximate surface area is 167 Å². The lowest BCUT2D eigenvalue weighted by Crippen LogP contribution is -2.31. The maximum Gasteiger partial charge on any atom is 0.116 e. The lowest BCUT2D eigenvalue weighted by Gasteiger charge is -2.39. The average molecular weight is 380 g/mol. The highest BCUT2D eigenvalue weighted by Crippen LogP contribution is 2.62. The maximum absolute atomic E-state index is 10.1. The van der Waals surface area contributed by atoms with E-state index in [0.717, 1.165) is 9.79 Å². The Morgan fingerprint density at radius 3 is 1.50 bits per heavy atom. The third-order valence-electron chi connectivity index (χ3n) is 5.91. The van der Waals surface area contributed by atoms with Gasteiger partial charge in [0.05, 0.1) is 5.41 Å². The number of fused-ring (bicyclic) bond motifs is 9. The summed E-state index contributed by atoms with van der Waals surface area (Å²) in [7, 11) is 0.